The Morgan fingerprint density at radius 1 is 0.861 bits per heavy atom. The van der Waals surface area contributed by atoms with Gasteiger partial charge in [0.15, 0.2) is 5.78 Å². The SMILES string of the molecule is NS(=O)(=O)c1ccc(N2C(=O)CC(c3ccc(Cl)cc3Cl)C3=C2CC(c2ccccc2)CC3=O)cc1. The molecule has 2 atom stereocenters. The first kappa shape index (κ1) is 24.7. The standard InChI is InChI=1S/C27H22Cl2N2O4S/c28-18-6-11-21(23(29)14-18)22-15-26(33)31(19-7-9-20(10-8-19)36(30,34)35)24-12-17(13-25(32)27(22)24)16-4-2-1-3-5-16/h1-11,14,17,22H,12-13,15H2,(H2,30,34,35). The van der Waals surface area contributed by atoms with Crippen molar-refractivity contribution >= 4 is 50.6 Å². The third kappa shape index (κ3) is 4.60. The maximum absolute atomic E-state index is 13.7. The Morgan fingerprint density at radius 3 is 2.19 bits per heavy atom. The minimum atomic E-state index is -3.89. The lowest BCUT2D eigenvalue weighted by atomic mass is 9.72. The maximum Gasteiger partial charge on any atom is 0.238 e. The van der Waals surface area contributed by atoms with E-state index in [1.165, 1.54) is 29.2 Å². The van der Waals surface area contributed by atoms with Crippen LogP contribution in [0.4, 0.5) is 5.69 Å². The molecule has 2 N–H and O–H groups in total. The highest BCUT2D eigenvalue weighted by Gasteiger charge is 2.43. The molecule has 0 radical (unpaired) electrons. The second-order valence-electron chi connectivity index (χ2n) is 8.99. The highest BCUT2D eigenvalue weighted by molar-refractivity contribution is 7.89. The van der Waals surface area contributed by atoms with Crippen LogP contribution in [0.3, 0.4) is 0 Å². The first-order valence-corrected chi connectivity index (χ1v) is 13.7. The van der Waals surface area contributed by atoms with Gasteiger partial charge >= 0.3 is 0 Å². The number of allylic oxidation sites excluding steroid dienone is 2. The summed E-state index contributed by atoms with van der Waals surface area (Å²) in [6.45, 7) is 0. The predicted molar refractivity (Wildman–Crippen MR) is 140 cm³/mol. The molecule has 36 heavy (non-hydrogen) atoms. The molecule has 184 valence electrons. The number of halogens is 2. The number of hydrogen-bond acceptors (Lipinski definition) is 4. The molecular formula is C27H22Cl2N2O4S. The van der Waals surface area contributed by atoms with Crippen molar-refractivity contribution in [2.45, 2.75) is 36.0 Å². The van der Waals surface area contributed by atoms with Gasteiger partial charge in [0.05, 0.1) is 4.90 Å². The Kier molecular flexibility index (Phi) is 6.51. The van der Waals surface area contributed by atoms with E-state index in [-0.39, 0.29) is 28.9 Å². The summed E-state index contributed by atoms with van der Waals surface area (Å²) < 4.78 is 23.5. The zero-order chi connectivity index (χ0) is 25.6. The molecule has 3 aromatic carbocycles. The summed E-state index contributed by atoms with van der Waals surface area (Å²) in [5.74, 6) is -0.855. The van der Waals surface area contributed by atoms with Gasteiger partial charge in [-0.05, 0) is 59.9 Å². The van der Waals surface area contributed by atoms with E-state index >= 15 is 0 Å². The van der Waals surface area contributed by atoms with E-state index in [1.807, 2.05) is 30.3 Å². The van der Waals surface area contributed by atoms with E-state index in [0.29, 0.717) is 45.4 Å². The van der Waals surface area contributed by atoms with Crippen molar-refractivity contribution in [2.24, 2.45) is 5.14 Å². The molecule has 6 nitrogen and oxygen atoms in total. The molecule has 1 heterocycles. The Morgan fingerprint density at radius 2 is 1.56 bits per heavy atom. The van der Waals surface area contributed by atoms with E-state index in [0.717, 1.165) is 5.56 Å². The number of benzene rings is 3. The Labute approximate surface area is 219 Å². The van der Waals surface area contributed by atoms with Crippen molar-refractivity contribution in [3.05, 3.63) is 105 Å². The number of Topliss-reactive ketones (excluding diaryl/α,β-unsaturated/α-hetero) is 1. The van der Waals surface area contributed by atoms with Crippen molar-refractivity contribution in [3.63, 3.8) is 0 Å². The molecule has 3 aromatic rings. The van der Waals surface area contributed by atoms with Crippen LogP contribution in [-0.2, 0) is 19.6 Å². The second kappa shape index (κ2) is 9.48. The van der Waals surface area contributed by atoms with Gasteiger partial charge in [-0.1, -0.05) is 59.6 Å². The van der Waals surface area contributed by atoms with Gasteiger partial charge in [0.25, 0.3) is 0 Å². The van der Waals surface area contributed by atoms with Gasteiger partial charge in [-0.3, -0.25) is 14.5 Å². The number of nitrogens with zero attached hydrogens (tertiary/aromatic N) is 1. The van der Waals surface area contributed by atoms with Crippen molar-refractivity contribution in [1.29, 1.82) is 0 Å². The normalized spacial score (nSPS) is 20.5. The van der Waals surface area contributed by atoms with Crippen LogP contribution in [0.15, 0.2) is 89.0 Å². The number of sulfonamides is 1. The van der Waals surface area contributed by atoms with Crippen molar-refractivity contribution in [3.8, 4) is 0 Å². The van der Waals surface area contributed by atoms with Gasteiger partial charge in [0.1, 0.15) is 0 Å². The molecule has 0 fully saturated rings. The predicted octanol–water partition coefficient (Wildman–Crippen LogP) is 5.56. The number of anilines is 1. The highest BCUT2D eigenvalue weighted by atomic mass is 35.5. The number of rotatable bonds is 4. The molecule has 0 saturated carbocycles. The summed E-state index contributed by atoms with van der Waals surface area (Å²) in [6, 6.07) is 20.6. The minimum Gasteiger partial charge on any atom is -0.294 e. The minimum absolute atomic E-state index is 0.0405. The van der Waals surface area contributed by atoms with E-state index in [2.05, 4.69) is 0 Å². The molecule has 0 saturated heterocycles. The van der Waals surface area contributed by atoms with Crippen LogP contribution in [0.5, 0.6) is 0 Å². The van der Waals surface area contributed by atoms with Crippen LogP contribution in [0, 0.1) is 0 Å². The second-order valence-corrected chi connectivity index (χ2v) is 11.4. The summed E-state index contributed by atoms with van der Waals surface area (Å²) in [6.07, 6.45) is 0.825. The number of primary sulfonamides is 1. The lowest BCUT2D eigenvalue weighted by molar-refractivity contribution is -0.120. The third-order valence-electron chi connectivity index (χ3n) is 6.76. The van der Waals surface area contributed by atoms with Crippen molar-refractivity contribution in [2.75, 3.05) is 4.90 Å². The quantitative estimate of drug-likeness (QED) is 0.468. The molecule has 1 aliphatic heterocycles. The zero-order valence-corrected chi connectivity index (χ0v) is 21.4. The van der Waals surface area contributed by atoms with Gasteiger partial charge in [0.2, 0.25) is 15.9 Å². The monoisotopic (exact) mass is 540 g/mol. The average molecular weight is 541 g/mol. The van der Waals surface area contributed by atoms with E-state index < -0.39 is 15.9 Å². The van der Waals surface area contributed by atoms with Gasteiger partial charge in [0, 0.05) is 45.8 Å². The Bertz CT molecular complexity index is 1500. The molecule has 5 rings (SSSR count). The molecule has 9 heteroatoms. The number of carbonyl (C=O) groups excluding carboxylic acids is 2. The fourth-order valence-corrected chi connectivity index (χ4v) is 6.19. The number of nitrogens with two attached hydrogens (primary N) is 1. The van der Waals surface area contributed by atoms with Gasteiger partial charge in [-0.2, -0.15) is 0 Å². The Hall–Kier alpha value is -2.97. The molecule has 0 aromatic heterocycles. The van der Waals surface area contributed by atoms with Crippen LogP contribution in [0.2, 0.25) is 10.0 Å². The molecule has 0 bridgehead atoms. The molecule has 2 aliphatic rings. The molecule has 2 unspecified atom stereocenters. The highest BCUT2D eigenvalue weighted by Crippen LogP contribution is 2.48. The number of hydrogen-bond donors (Lipinski definition) is 1. The lowest BCUT2D eigenvalue weighted by Crippen LogP contribution is -2.41. The molecule has 0 spiro atoms. The average Bonchev–Trinajstić information content (AvgIpc) is 2.83. The number of amides is 1. The van der Waals surface area contributed by atoms with Crippen molar-refractivity contribution < 1.29 is 18.0 Å². The van der Waals surface area contributed by atoms with Gasteiger partial charge in [-0.25, -0.2) is 13.6 Å². The van der Waals surface area contributed by atoms with Crippen LogP contribution in [-0.4, -0.2) is 20.1 Å². The van der Waals surface area contributed by atoms with E-state index in [4.69, 9.17) is 28.3 Å². The zero-order valence-electron chi connectivity index (χ0n) is 19.0. The topological polar surface area (TPSA) is 97.5 Å². The molecule has 1 amide bonds. The maximum atomic E-state index is 13.7. The third-order valence-corrected chi connectivity index (χ3v) is 8.25. The summed E-state index contributed by atoms with van der Waals surface area (Å²) in [4.78, 5) is 28.8. The fourth-order valence-electron chi connectivity index (χ4n) is 5.13. The van der Waals surface area contributed by atoms with Crippen LogP contribution in [0.25, 0.3) is 0 Å². The summed E-state index contributed by atoms with van der Waals surface area (Å²) in [5, 5.41) is 6.11. The lowest BCUT2D eigenvalue weighted by Gasteiger charge is -2.40. The van der Waals surface area contributed by atoms with Gasteiger partial charge < -0.3 is 0 Å². The summed E-state index contributed by atoms with van der Waals surface area (Å²) in [7, 11) is -3.89. The van der Waals surface area contributed by atoms with E-state index in [1.54, 1.807) is 18.2 Å². The molecule has 1 aliphatic carbocycles. The first-order chi connectivity index (χ1) is 17.1. The van der Waals surface area contributed by atoms with Crippen molar-refractivity contribution in [1.82, 2.24) is 0 Å². The number of carbonyl (C=O) groups is 2. The fraction of sp³-hybridized carbons (Fsp3) is 0.185. The molecular weight excluding hydrogens is 519 g/mol. The van der Waals surface area contributed by atoms with Gasteiger partial charge in [-0.15, -0.1) is 0 Å². The van der Waals surface area contributed by atoms with Crippen LogP contribution < -0.4 is 10.0 Å². The van der Waals surface area contributed by atoms with Crippen LogP contribution >= 0.6 is 23.2 Å². The summed E-state index contributed by atoms with van der Waals surface area (Å²) >= 11 is 12.6. The largest absolute Gasteiger partial charge is 0.294 e. The Balaban J connectivity index is 1.66. The smallest absolute Gasteiger partial charge is 0.238 e. The van der Waals surface area contributed by atoms with Crippen LogP contribution in [0.1, 0.15) is 42.2 Å². The van der Waals surface area contributed by atoms with E-state index in [9.17, 15) is 18.0 Å². The first-order valence-electron chi connectivity index (χ1n) is 11.4. The number of ketones is 1. The summed E-state index contributed by atoms with van der Waals surface area (Å²) in [5.41, 5.74) is 3.33.